The third-order valence-corrected chi connectivity index (χ3v) is 3.41. The molecule has 4 heteroatoms. The summed E-state index contributed by atoms with van der Waals surface area (Å²) in [6.45, 7) is 5.70. The van der Waals surface area contributed by atoms with Crippen LogP contribution in [0.25, 0.3) is 0 Å². The summed E-state index contributed by atoms with van der Waals surface area (Å²) in [6, 6.07) is 3.19. The lowest BCUT2D eigenvalue weighted by atomic mass is 10.0. The van der Waals surface area contributed by atoms with Gasteiger partial charge >= 0.3 is 0 Å². The monoisotopic (exact) mass is 289 g/mol. The fourth-order valence-electron chi connectivity index (χ4n) is 1.34. The van der Waals surface area contributed by atoms with E-state index in [0.29, 0.717) is 21.5 Å². The second-order valence-electron chi connectivity index (χ2n) is 3.57. The Bertz CT molecular complexity index is 392. The Balaban J connectivity index is 3.05. The second kappa shape index (κ2) is 5.01. The summed E-state index contributed by atoms with van der Waals surface area (Å²) in [4.78, 5) is 0. The van der Waals surface area contributed by atoms with Gasteiger partial charge in [-0.15, -0.1) is 6.58 Å². The molecule has 0 unspecified atom stereocenters. The standard InChI is InChI=1S/C11H13BrClNO/c1-6(2)5-9(14)7-3-4-8(13)10(12)11(7)15/h3-4,9,15H,1,5,14H2,2H3/t9-/m1/s1. The molecule has 0 heterocycles. The largest absolute Gasteiger partial charge is 0.506 e. The summed E-state index contributed by atoms with van der Waals surface area (Å²) >= 11 is 9.04. The average molecular weight is 291 g/mol. The molecule has 2 nitrogen and oxygen atoms in total. The first-order valence-electron chi connectivity index (χ1n) is 4.50. The average Bonchev–Trinajstić information content (AvgIpc) is 2.13. The second-order valence-corrected chi connectivity index (χ2v) is 4.77. The predicted octanol–water partition coefficient (Wildman–Crippen LogP) is 3.77. The highest BCUT2D eigenvalue weighted by Gasteiger charge is 2.15. The fourth-order valence-corrected chi connectivity index (χ4v) is 1.85. The Morgan fingerprint density at radius 1 is 1.67 bits per heavy atom. The molecule has 0 radical (unpaired) electrons. The van der Waals surface area contributed by atoms with Gasteiger partial charge in [0.15, 0.2) is 0 Å². The Labute approximate surface area is 103 Å². The number of hydrogen-bond donors (Lipinski definition) is 2. The van der Waals surface area contributed by atoms with E-state index in [1.165, 1.54) is 0 Å². The molecule has 0 fully saturated rings. The van der Waals surface area contributed by atoms with Gasteiger partial charge in [-0.05, 0) is 35.3 Å². The van der Waals surface area contributed by atoms with Crippen molar-refractivity contribution in [1.82, 2.24) is 0 Å². The van der Waals surface area contributed by atoms with E-state index in [4.69, 9.17) is 17.3 Å². The van der Waals surface area contributed by atoms with Gasteiger partial charge in [-0.3, -0.25) is 0 Å². The van der Waals surface area contributed by atoms with Crippen molar-refractivity contribution in [3.63, 3.8) is 0 Å². The number of rotatable bonds is 3. The van der Waals surface area contributed by atoms with Crippen molar-refractivity contribution >= 4 is 27.5 Å². The molecule has 0 bridgehead atoms. The Morgan fingerprint density at radius 3 is 2.80 bits per heavy atom. The summed E-state index contributed by atoms with van der Waals surface area (Å²) in [5, 5.41) is 10.3. The molecule has 0 saturated heterocycles. The third-order valence-electron chi connectivity index (χ3n) is 2.07. The van der Waals surface area contributed by atoms with Gasteiger partial charge in [0, 0.05) is 11.6 Å². The van der Waals surface area contributed by atoms with Gasteiger partial charge in [0.2, 0.25) is 0 Å². The molecule has 1 aromatic carbocycles. The van der Waals surface area contributed by atoms with E-state index in [1.54, 1.807) is 12.1 Å². The summed E-state index contributed by atoms with van der Waals surface area (Å²) in [5.74, 6) is 0.108. The van der Waals surface area contributed by atoms with Crippen molar-refractivity contribution in [1.29, 1.82) is 0 Å². The first kappa shape index (κ1) is 12.6. The third kappa shape index (κ3) is 2.97. The molecule has 1 rings (SSSR count). The van der Waals surface area contributed by atoms with Gasteiger partial charge in [-0.2, -0.15) is 0 Å². The lowest BCUT2D eigenvalue weighted by Crippen LogP contribution is -2.10. The maximum Gasteiger partial charge on any atom is 0.136 e. The Kier molecular flexibility index (Phi) is 4.20. The van der Waals surface area contributed by atoms with Crippen LogP contribution in [-0.4, -0.2) is 5.11 Å². The minimum absolute atomic E-state index is 0.108. The van der Waals surface area contributed by atoms with E-state index in [2.05, 4.69) is 22.5 Å². The lowest BCUT2D eigenvalue weighted by molar-refractivity contribution is 0.458. The number of aromatic hydroxyl groups is 1. The molecular formula is C11H13BrClNO. The number of phenolic OH excluding ortho intramolecular Hbond substituents is 1. The molecule has 1 atom stereocenters. The number of halogens is 2. The quantitative estimate of drug-likeness (QED) is 0.832. The van der Waals surface area contributed by atoms with Crippen molar-refractivity contribution in [2.45, 2.75) is 19.4 Å². The van der Waals surface area contributed by atoms with E-state index in [1.807, 2.05) is 6.92 Å². The zero-order chi connectivity index (χ0) is 11.6. The van der Waals surface area contributed by atoms with Gasteiger partial charge in [0.25, 0.3) is 0 Å². The van der Waals surface area contributed by atoms with Crippen LogP contribution in [0.2, 0.25) is 5.02 Å². The van der Waals surface area contributed by atoms with Crippen LogP contribution in [0.4, 0.5) is 0 Å². The molecule has 0 aliphatic carbocycles. The SMILES string of the molecule is C=C(C)C[C@@H](N)c1ccc(Cl)c(Br)c1O. The zero-order valence-corrected chi connectivity index (χ0v) is 10.8. The van der Waals surface area contributed by atoms with Crippen LogP contribution in [0.15, 0.2) is 28.8 Å². The van der Waals surface area contributed by atoms with Crippen LogP contribution < -0.4 is 5.73 Å². The lowest BCUT2D eigenvalue weighted by Gasteiger charge is -2.14. The van der Waals surface area contributed by atoms with Crippen LogP contribution in [0.1, 0.15) is 24.9 Å². The van der Waals surface area contributed by atoms with Crippen LogP contribution in [0, 0.1) is 0 Å². The highest BCUT2D eigenvalue weighted by Crippen LogP contribution is 2.37. The van der Waals surface area contributed by atoms with E-state index < -0.39 is 0 Å². The summed E-state index contributed by atoms with van der Waals surface area (Å²) in [6.07, 6.45) is 0.641. The summed E-state index contributed by atoms with van der Waals surface area (Å²) < 4.78 is 0.485. The summed E-state index contributed by atoms with van der Waals surface area (Å²) in [7, 11) is 0. The first-order valence-corrected chi connectivity index (χ1v) is 5.67. The van der Waals surface area contributed by atoms with Crippen molar-refractivity contribution in [2.24, 2.45) is 5.73 Å². The van der Waals surface area contributed by atoms with E-state index in [-0.39, 0.29) is 11.8 Å². The number of benzene rings is 1. The van der Waals surface area contributed by atoms with Gasteiger partial charge in [0.05, 0.1) is 9.50 Å². The van der Waals surface area contributed by atoms with E-state index in [9.17, 15) is 5.11 Å². The van der Waals surface area contributed by atoms with E-state index in [0.717, 1.165) is 5.57 Å². The van der Waals surface area contributed by atoms with Crippen molar-refractivity contribution < 1.29 is 5.11 Å². The van der Waals surface area contributed by atoms with E-state index >= 15 is 0 Å². The number of phenols is 1. The maximum absolute atomic E-state index is 9.82. The molecule has 3 N–H and O–H groups in total. The first-order chi connectivity index (χ1) is 6.93. The zero-order valence-electron chi connectivity index (χ0n) is 8.43. The van der Waals surface area contributed by atoms with Crippen molar-refractivity contribution in [2.75, 3.05) is 0 Å². The molecule has 0 spiro atoms. The number of nitrogens with two attached hydrogens (primary N) is 1. The fraction of sp³-hybridized carbons (Fsp3) is 0.273. The van der Waals surface area contributed by atoms with Crippen LogP contribution in [-0.2, 0) is 0 Å². The minimum atomic E-state index is -0.254. The molecule has 0 amide bonds. The number of hydrogen-bond acceptors (Lipinski definition) is 2. The van der Waals surface area contributed by atoms with Crippen LogP contribution in [0.3, 0.4) is 0 Å². The highest BCUT2D eigenvalue weighted by atomic mass is 79.9. The van der Waals surface area contributed by atoms with Crippen molar-refractivity contribution in [3.8, 4) is 5.75 Å². The molecule has 0 aromatic heterocycles. The van der Waals surface area contributed by atoms with Crippen molar-refractivity contribution in [3.05, 3.63) is 39.3 Å². The topological polar surface area (TPSA) is 46.2 Å². The van der Waals surface area contributed by atoms with Crippen LogP contribution >= 0.6 is 27.5 Å². The summed E-state index contributed by atoms with van der Waals surface area (Å²) in [5.41, 5.74) is 7.59. The van der Waals surface area contributed by atoms with Crippen LogP contribution in [0.5, 0.6) is 5.75 Å². The Morgan fingerprint density at radius 2 is 2.27 bits per heavy atom. The van der Waals surface area contributed by atoms with Gasteiger partial charge in [0.1, 0.15) is 5.75 Å². The predicted molar refractivity (Wildman–Crippen MR) is 67.2 cm³/mol. The normalized spacial score (nSPS) is 12.5. The molecule has 0 saturated carbocycles. The molecule has 0 aliphatic heterocycles. The van der Waals surface area contributed by atoms with Gasteiger partial charge < -0.3 is 10.8 Å². The molecule has 82 valence electrons. The smallest absolute Gasteiger partial charge is 0.136 e. The minimum Gasteiger partial charge on any atom is -0.506 e. The highest BCUT2D eigenvalue weighted by molar-refractivity contribution is 9.10. The molecule has 15 heavy (non-hydrogen) atoms. The molecular weight excluding hydrogens is 277 g/mol. The molecule has 0 aliphatic rings. The molecule has 1 aromatic rings. The maximum atomic E-state index is 9.82. The van der Waals surface area contributed by atoms with Gasteiger partial charge in [-0.25, -0.2) is 0 Å². The van der Waals surface area contributed by atoms with Gasteiger partial charge in [-0.1, -0.05) is 23.2 Å². The Hall–Kier alpha value is -0.510.